The number of carbonyl (C=O) groups is 1. The molecule has 27 heavy (non-hydrogen) atoms. The average molecular weight is 389 g/mol. The molecule has 0 aliphatic rings. The Morgan fingerprint density at radius 1 is 1.30 bits per heavy atom. The largest absolute Gasteiger partial charge is 0.506 e. The van der Waals surface area contributed by atoms with Gasteiger partial charge < -0.3 is 14.9 Å². The lowest BCUT2D eigenvalue weighted by Gasteiger charge is -2.12. The van der Waals surface area contributed by atoms with Crippen LogP contribution >= 0.6 is 0 Å². The molecule has 148 valence electrons. The zero-order valence-electron chi connectivity index (χ0n) is 15.0. The van der Waals surface area contributed by atoms with Crippen LogP contribution < -0.4 is 0 Å². The zero-order chi connectivity index (χ0) is 20.9. The molecule has 1 aromatic carbocycles. The Bertz CT molecular complexity index is 822. The number of nitro groups is 1. The van der Waals surface area contributed by atoms with Crippen molar-refractivity contribution >= 4 is 23.6 Å². The standard InChI is InChI=1S/C16H18F3N3O5/c1-5-6-27-16(24)9(7-20-21(3)4)15(23)10-11(17)8(2)12(18)13(19)14(10)22(25)26/h7,23H,5-6H2,1-4H3. The van der Waals surface area contributed by atoms with E-state index in [0.29, 0.717) is 6.42 Å². The average Bonchev–Trinajstić information content (AvgIpc) is 2.60. The monoisotopic (exact) mass is 389 g/mol. The molecule has 0 saturated carbocycles. The van der Waals surface area contributed by atoms with Crippen molar-refractivity contribution in [3.05, 3.63) is 44.3 Å². The van der Waals surface area contributed by atoms with Crippen molar-refractivity contribution in [3.63, 3.8) is 0 Å². The zero-order valence-corrected chi connectivity index (χ0v) is 15.0. The molecule has 0 spiro atoms. The van der Waals surface area contributed by atoms with Gasteiger partial charge in [0.2, 0.25) is 5.82 Å². The van der Waals surface area contributed by atoms with Crippen LogP contribution in [-0.2, 0) is 9.53 Å². The summed E-state index contributed by atoms with van der Waals surface area (Å²) in [6.07, 6.45) is 1.19. The summed E-state index contributed by atoms with van der Waals surface area (Å²) in [5.41, 5.74) is -4.58. The number of ether oxygens (including phenoxy) is 1. The molecule has 0 aromatic heterocycles. The molecule has 1 N–H and O–H groups in total. The van der Waals surface area contributed by atoms with Gasteiger partial charge >= 0.3 is 11.7 Å². The topological polar surface area (TPSA) is 105 Å². The Hall–Kier alpha value is -3.11. The number of aliphatic hydroxyl groups excluding tert-OH is 1. The summed E-state index contributed by atoms with van der Waals surface area (Å²) in [6, 6.07) is 0. The molecule has 0 saturated heterocycles. The van der Waals surface area contributed by atoms with Gasteiger partial charge in [-0.25, -0.2) is 13.6 Å². The van der Waals surface area contributed by atoms with E-state index in [4.69, 9.17) is 4.74 Å². The number of hydrazone groups is 1. The van der Waals surface area contributed by atoms with Gasteiger partial charge in [0.05, 0.1) is 17.7 Å². The molecule has 0 amide bonds. The van der Waals surface area contributed by atoms with E-state index >= 15 is 0 Å². The van der Waals surface area contributed by atoms with Gasteiger partial charge in [-0.15, -0.1) is 0 Å². The molecule has 0 aliphatic heterocycles. The van der Waals surface area contributed by atoms with Crippen molar-refractivity contribution in [1.82, 2.24) is 5.01 Å². The summed E-state index contributed by atoms with van der Waals surface area (Å²) in [5, 5.41) is 26.4. The number of benzene rings is 1. The van der Waals surface area contributed by atoms with Gasteiger partial charge in [0, 0.05) is 19.7 Å². The van der Waals surface area contributed by atoms with E-state index in [0.717, 1.165) is 13.1 Å². The fraction of sp³-hybridized carbons (Fsp3) is 0.375. The first kappa shape index (κ1) is 21.9. The van der Waals surface area contributed by atoms with Gasteiger partial charge in [0.1, 0.15) is 22.7 Å². The van der Waals surface area contributed by atoms with Crippen LogP contribution in [0.2, 0.25) is 0 Å². The molecule has 0 unspecified atom stereocenters. The second kappa shape index (κ2) is 9.01. The number of halogens is 3. The summed E-state index contributed by atoms with van der Waals surface area (Å²) in [7, 11) is 2.93. The van der Waals surface area contributed by atoms with Crippen molar-refractivity contribution < 1.29 is 32.7 Å². The van der Waals surface area contributed by atoms with Gasteiger partial charge in [-0.05, 0) is 13.3 Å². The first-order chi connectivity index (χ1) is 12.5. The SMILES string of the molecule is CCCOC(=O)C(C=NN(C)C)=C(O)c1c(F)c(C)c(F)c(F)c1[N+](=O)[O-]. The molecule has 0 atom stereocenters. The minimum absolute atomic E-state index is 0.0627. The molecule has 11 heteroatoms. The van der Waals surface area contributed by atoms with E-state index in [9.17, 15) is 33.2 Å². The van der Waals surface area contributed by atoms with Crippen LogP contribution in [-0.4, -0.2) is 47.9 Å². The minimum atomic E-state index is -1.97. The van der Waals surface area contributed by atoms with Crippen LogP contribution in [0.1, 0.15) is 24.5 Å². The maximum absolute atomic E-state index is 14.5. The molecule has 1 rings (SSSR count). The number of hydrogen-bond donors (Lipinski definition) is 1. The van der Waals surface area contributed by atoms with Crippen LogP contribution in [0.5, 0.6) is 0 Å². The third-order valence-electron chi connectivity index (χ3n) is 3.26. The quantitative estimate of drug-likeness (QED) is 0.146. The minimum Gasteiger partial charge on any atom is -0.506 e. The van der Waals surface area contributed by atoms with Gasteiger partial charge in [0.15, 0.2) is 5.82 Å². The van der Waals surface area contributed by atoms with Crippen LogP contribution in [0, 0.1) is 34.5 Å². The summed E-state index contributed by atoms with van der Waals surface area (Å²) in [6.45, 7) is 2.46. The Labute approximate surface area is 152 Å². The van der Waals surface area contributed by atoms with Crippen molar-refractivity contribution in [2.75, 3.05) is 20.7 Å². The van der Waals surface area contributed by atoms with E-state index < -0.39 is 56.5 Å². The van der Waals surface area contributed by atoms with Gasteiger partial charge in [0.25, 0.3) is 0 Å². The Kier molecular flexibility index (Phi) is 7.32. The number of nitro benzene ring substituents is 1. The normalized spacial score (nSPS) is 12.1. The highest BCUT2D eigenvalue weighted by Gasteiger charge is 2.35. The molecule has 0 heterocycles. The number of hydrogen-bond acceptors (Lipinski definition) is 7. The van der Waals surface area contributed by atoms with Gasteiger partial charge in [-0.1, -0.05) is 6.92 Å². The summed E-state index contributed by atoms with van der Waals surface area (Å²) in [5.74, 6) is -7.79. The fourth-order valence-corrected chi connectivity index (χ4v) is 1.94. The lowest BCUT2D eigenvalue weighted by Crippen LogP contribution is -2.16. The highest BCUT2D eigenvalue weighted by molar-refractivity contribution is 6.15. The second-order valence-corrected chi connectivity index (χ2v) is 5.54. The van der Waals surface area contributed by atoms with Crippen LogP contribution in [0.25, 0.3) is 5.76 Å². The lowest BCUT2D eigenvalue weighted by molar-refractivity contribution is -0.388. The van der Waals surface area contributed by atoms with Crippen molar-refractivity contribution in [3.8, 4) is 0 Å². The molecule has 0 aliphatic carbocycles. The van der Waals surface area contributed by atoms with E-state index in [1.807, 2.05) is 0 Å². The van der Waals surface area contributed by atoms with Crippen LogP contribution in [0.15, 0.2) is 10.7 Å². The second-order valence-electron chi connectivity index (χ2n) is 5.54. The highest BCUT2D eigenvalue weighted by atomic mass is 19.2. The smallest absolute Gasteiger partial charge is 0.343 e. The number of carbonyl (C=O) groups excluding carboxylic acids is 1. The lowest BCUT2D eigenvalue weighted by atomic mass is 10.0. The molecule has 0 radical (unpaired) electrons. The van der Waals surface area contributed by atoms with Crippen molar-refractivity contribution in [1.29, 1.82) is 0 Å². The van der Waals surface area contributed by atoms with Gasteiger partial charge in [-0.2, -0.15) is 9.49 Å². The molecule has 0 fully saturated rings. The summed E-state index contributed by atoms with van der Waals surface area (Å²) in [4.78, 5) is 21.9. The molecule has 0 bridgehead atoms. The Balaban J connectivity index is 3.84. The number of rotatable bonds is 7. The molecule has 1 aromatic rings. The number of esters is 1. The Morgan fingerprint density at radius 3 is 2.37 bits per heavy atom. The first-order valence-corrected chi connectivity index (χ1v) is 7.67. The Morgan fingerprint density at radius 2 is 1.89 bits per heavy atom. The molecule has 8 nitrogen and oxygen atoms in total. The van der Waals surface area contributed by atoms with Crippen molar-refractivity contribution in [2.24, 2.45) is 5.10 Å². The molecular formula is C16H18F3N3O5. The highest BCUT2D eigenvalue weighted by Crippen LogP contribution is 2.35. The number of nitrogens with zero attached hydrogens (tertiary/aromatic N) is 3. The molecular weight excluding hydrogens is 371 g/mol. The third-order valence-corrected chi connectivity index (χ3v) is 3.26. The van der Waals surface area contributed by atoms with E-state index in [-0.39, 0.29) is 6.61 Å². The fourth-order valence-electron chi connectivity index (χ4n) is 1.94. The van der Waals surface area contributed by atoms with Gasteiger partial charge in [-0.3, -0.25) is 10.1 Å². The first-order valence-electron chi connectivity index (χ1n) is 7.67. The van der Waals surface area contributed by atoms with Crippen molar-refractivity contribution in [2.45, 2.75) is 20.3 Å². The summed E-state index contributed by atoms with van der Waals surface area (Å²) >= 11 is 0. The van der Waals surface area contributed by atoms with E-state index in [1.54, 1.807) is 6.92 Å². The predicted molar refractivity (Wildman–Crippen MR) is 90.7 cm³/mol. The van der Waals surface area contributed by atoms with Crippen LogP contribution in [0.4, 0.5) is 18.9 Å². The predicted octanol–water partition coefficient (Wildman–Crippen LogP) is 3.09. The van der Waals surface area contributed by atoms with E-state index in [2.05, 4.69) is 5.10 Å². The van der Waals surface area contributed by atoms with Crippen LogP contribution in [0.3, 0.4) is 0 Å². The van der Waals surface area contributed by atoms with E-state index in [1.165, 1.54) is 19.1 Å². The maximum Gasteiger partial charge on any atom is 0.343 e. The summed E-state index contributed by atoms with van der Waals surface area (Å²) < 4.78 is 47.0. The maximum atomic E-state index is 14.5. The number of aliphatic hydroxyl groups is 1. The third kappa shape index (κ3) is 4.74.